The molecule has 0 radical (unpaired) electrons. The molecule has 0 aromatic heterocycles. The molecule has 0 atom stereocenters. The summed E-state index contributed by atoms with van der Waals surface area (Å²) in [6, 6.07) is 13.6. The van der Waals surface area contributed by atoms with E-state index in [0.29, 0.717) is 25.1 Å². The summed E-state index contributed by atoms with van der Waals surface area (Å²) in [4.78, 5) is 23.5. The van der Waals surface area contributed by atoms with Crippen molar-refractivity contribution in [2.24, 2.45) is 5.92 Å². The number of carbonyl (C=O) groups is 2. The van der Waals surface area contributed by atoms with Crippen LogP contribution < -0.4 is 16.0 Å². The molecule has 1 aliphatic rings. The van der Waals surface area contributed by atoms with E-state index in [1.165, 1.54) is 6.07 Å². The minimum atomic E-state index is -0.299. The normalized spacial score (nSPS) is 13.1. The van der Waals surface area contributed by atoms with Crippen LogP contribution in [0.5, 0.6) is 0 Å². The molecule has 1 aliphatic carbocycles. The van der Waals surface area contributed by atoms with Gasteiger partial charge in [-0.2, -0.15) is 0 Å². The molecular formula is C20H22FN3O2. The molecule has 136 valence electrons. The van der Waals surface area contributed by atoms with Gasteiger partial charge in [-0.05, 0) is 48.6 Å². The Morgan fingerprint density at radius 1 is 1.00 bits per heavy atom. The van der Waals surface area contributed by atoms with Crippen molar-refractivity contribution >= 4 is 17.6 Å². The molecule has 5 nitrogen and oxygen atoms in total. The molecule has 2 aromatic carbocycles. The zero-order valence-electron chi connectivity index (χ0n) is 14.4. The van der Waals surface area contributed by atoms with Gasteiger partial charge in [-0.25, -0.2) is 9.18 Å². The van der Waals surface area contributed by atoms with Crippen LogP contribution in [0.25, 0.3) is 0 Å². The van der Waals surface area contributed by atoms with E-state index in [4.69, 9.17) is 0 Å². The van der Waals surface area contributed by atoms with Gasteiger partial charge in [-0.3, -0.25) is 4.79 Å². The van der Waals surface area contributed by atoms with E-state index in [2.05, 4.69) is 16.0 Å². The van der Waals surface area contributed by atoms with Gasteiger partial charge in [0.2, 0.25) is 5.91 Å². The summed E-state index contributed by atoms with van der Waals surface area (Å²) >= 11 is 0. The Bertz CT molecular complexity index is 773. The minimum Gasteiger partial charge on any atom is -0.338 e. The van der Waals surface area contributed by atoms with Crippen molar-refractivity contribution in [3.05, 3.63) is 65.5 Å². The van der Waals surface area contributed by atoms with Gasteiger partial charge in [-0.15, -0.1) is 0 Å². The van der Waals surface area contributed by atoms with Crippen LogP contribution in [0.4, 0.5) is 14.9 Å². The number of hydrogen-bond donors (Lipinski definition) is 3. The average molecular weight is 355 g/mol. The van der Waals surface area contributed by atoms with Crippen LogP contribution in [-0.4, -0.2) is 18.5 Å². The van der Waals surface area contributed by atoms with Crippen LogP contribution in [0.1, 0.15) is 24.0 Å². The van der Waals surface area contributed by atoms with Crippen molar-refractivity contribution in [2.75, 3.05) is 11.9 Å². The number of amides is 3. The first-order chi connectivity index (χ1) is 12.6. The van der Waals surface area contributed by atoms with E-state index in [-0.39, 0.29) is 23.7 Å². The topological polar surface area (TPSA) is 70.2 Å². The lowest BCUT2D eigenvalue weighted by atomic mass is 10.1. The van der Waals surface area contributed by atoms with Gasteiger partial charge in [0, 0.05) is 24.7 Å². The molecule has 3 rings (SSSR count). The van der Waals surface area contributed by atoms with Gasteiger partial charge in [0.15, 0.2) is 0 Å². The second-order valence-electron chi connectivity index (χ2n) is 6.41. The van der Waals surface area contributed by atoms with Crippen LogP contribution in [0.15, 0.2) is 48.5 Å². The fourth-order valence-electron chi connectivity index (χ4n) is 2.55. The number of rotatable bonds is 7. The molecule has 0 spiro atoms. The van der Waals surface area contributed by atoms with Crippen LogP contribution >= 0.6 is 0 Å². The highest BCUT2D eigenvalue weighted by Gasteiger charge is 2.29. The van der Waals surface area contributed by atoms with E-state index in [1.807, 2.05) is 24.3 Å². The second kappa shape index (κ2) is 8.47. The predicted molar refractivity (Wildman–Crippen MR) is 98.1 cm³/mol. The van der Waals surface area contributed by atoms with Crippen LogP contribution in [0, 0.1) is 11.7 Å². The number of benzene rings is 2. The standard InChI is InChI=1S/C20H22FN3O2/c21-18-4-2-1-3-15(18)11-12-22-20(26)23-13-14-5-9-17(10-6-14)24-19(25)16-7-8-16/h1-6,9-10,16H,7-8,11-13H2,(H,24,25)(H2,22,23,26). The summed E-state index contributed by atoms with van der Waals surface area (Å²) in [6.07, 6.45) is 2.38. The van der Waals surface area contributed by atoms with Gasteiger partial charge >= 0.3 is 6.03 Å². The van der Waals surface area contributed by atoms with Crippen molar-refractivity contribution in [2.45, 2.75) is 25.8 Å². The first-order valence-corrected chi connectivity index (χ1v) is 8.77. The lowest BCUT2D eigenvalue weighted by molar-refractivity contribution is -0.117. The van der Waals surface area contributed by atoms with E-state index in [1.54, 1.807) is 18.2 Å². The summed E-state index contributed by atoms with van der Waals surface area (Å²) < 4.78 is 13.5. The van der Waals surface area contributed by atoms with Crippen molar-refractivity contribution in [1.29, 1.82) is 0 Å². The molecule has 0 saturated heterocycles. The highest BCUT2D eigenvalue weighted by Crippen LogP contribution is 2.30. The van der Waals surface area contributed by atoms with Gasteiger partial charge in [0.25, 0.3) is 0 Å². The van der Waals surface area contributed by atoms with Gasteiger partial charge in [0.05, 0.1) is 0 Å². The largest absolute Gasteiger partial charge is 0.338 e. The van der Waals surface area contributed by atoms with Crippen LogP contribution in [0.3, 0.4) is 0 Å². The maximum Gasteiger partial charge on any atom is 0.315 e. The summed E-state index contributed by atoms with van der Waals surface area (Å²) in [5, 5.41) is 8.34. The molecule has 0 unspecified atom stereocenters. The molecule has 0 heterocycles. The molecular weight excluding hydrogens is 333 g/mol. The lowest BCUT2D eigenvalue weighted by Gasteiger charge is -2.09. The molecule has 26 heavy (non-hydrogen) atoms. The molecule has 3 amide bonds. The molecule has 1 saturated carbocycles. The fraction of sp³-hybridized carbons (Fsp3) is 0.300. The Labute approximate surface area is 152 Å². The number of nitrogens with one attached hydrogen (secondary N) is 3. The second-order valence-corrected chi connectivity index (χ2v) is 6.41. The summed E-state index contributed by atoms with van der Waals surface area (Å²) in [5.41, 5.74) is 2.27. The first kappa shape index (κ1) is 17.9. The van der Waals surface area contributed by atoms with Gasteiger partial charge in [-0.1, -0.05) is 30.3 Å². The van der Waals surface area contributed by atoms with Crippen molar-refractivity contribution < 1.29 is 14.0 Å². The Balaban J connectivity index is 1.37. The Morgan fingerprint density at radius 3 is 2.42 bits per heavy atom. The highest BCUT2D eigenvalue weighted by molar-refractivity contribution is 5.94. The van der Waals surface area contributed by atoms with E-state index in [9.17, 15) is 14.0 Å². The van der Waals surface area contributed by atoms with Crippen molar-refractivity contribution in [1.82, 2.24) is 10.6 Å². The summed E-state index contributed by atoms with van der Waals surface area (Å²) in [5.74, 6) is -0.0157. The maximum atomic E-state index is 13.5. The number of urea groups is 1. The van der Waals surface area contributed by atoms with Crippen LogP contribution in [-0.2, 0) is 17.8 Å². The molecule has 6 heteroatoms. The first-order valence-electron chi connectivity index (χ1n) is 8.77. The zero-order valence-corrected chi connectivity index (χ0v) is 14.4. The molecule has 0 bridgehead atoms. The quantitative estimate of drug-likeness (QED) is 0.714. The predicted octanol–water partition coefficient (Wildman–Crippen LogP) is 3.22. The third-order valence-corrected chi connectivity index (χ3v) is 4.26. The van der Waals surface area contributed by atoms with Crippen molar-refractivity contribution in [3.63, 3.8) is 0 Å². The lowest BCUT2D eigenvalue weighted by Crippen LogP contribution is -2.36. The Morgan fingerprint density at radius 2 is 1.73 bits per heavy atom. The third-order valence-electron chi connectivity index (χ3n) is 4.26. The minimum absolute atomic E-state index is 0.0742. The summed E-state index contributed by atoms with van der Waals surface area (Å²) in [6.45, 7) is 0.737. The highest BCUT2D eigenvalue weighted by atomic mass is 19.1. The van der Waals surface area contributed by atoms with Gasteiger partial charge < -0.3 is 16.0 Å². The summed E-state index contributed by atoms with van der Waals surface area (Å²) in [7, 11) is 0. The SMILES string of the molecule is O=C(NCCc1ccccc1F)NCc1ccc(NC(=O)C2CC2)cc1. The van der Waals surface area contributed by atoms with Crippen LogP contribution in [0.2, 0.25) is 0 Å². The third kappa shape index (κ3) is 5.31. The smallest absolute Gasteiger partial charge is 0.315 e. The van der Waals surface area contributed by atoms with E-state index < -0.39 is 0 Å². The molecule has 0 aliphatic heterocycles. The van der Waals surface area contributed by atoms with Crippen molar-refractivity contribution in [3.8, 4) is 0 Å². The number of halogens is 1. The number of anilines is 1. The Kier molecular flexibility index (Phi) is 5.84. The fourth-order valence-corrected chi connectivity index (χ4v) is 2.55. The number of carbonyl (C=O) groups excluding carboxylic acids is 2. The number of hydrogen-bond acceptors (Lipinski definition) is 2. The Hall–Kier alpha value is -2.89. The average Bonchev–Trinajstić information content (AvgIpc) is 3.48. The van der Waals surface area contributed by atoms with E-state index in [0.717, 1.165) is 24.1 Å². The molecule has 2 aromatic rings. The molecule has 1 fully saturated rings. The van der Waals surface area contributed by atoms with Gasteiger partial charge in [0.1, 0.15) is 5.82 Å². The zero-order chi connectivity index (χ0) is 18.4. The monoisotopic (exact) mass is 355 g/mol. The maximum absolute atomic E-state index is 13.5. The molecule has 3 N–H and O–H groups in total. The van der Waals surface area contributed by atoms with E-state index >= 15 is 0 Å².